The van der Waals surface area contributed by atoms with Crippen LogP contribution in [0.5, 0.6) is 0 Å². The maximum atomic E-state index is 12.4. The normalized spacial score (nSPS) is 14.2. The Hall–Kier alpha value is -2.29. The van der Waals surface area contributed by atoms with Gasteiger partial charge in [-0.1, -0.05) is 42.5 Å². The molecule has 0 saturated heterocycles. The first-order valence-electron chi connectivity index (χ1n) is 7.46. The molecular formula is C18H20N2O. The first-order valence-corrected chi connectivity index (χ1v) is 7.46. The van der Waals surface area contributed by atoms with E-state index in [1.54, 1.807) is 0 Å². The van der Waals surface area contributed by atoms with Crippen molar-refractivity contribution in [2.45, 2.75) is 19.4 Å². The number of benzene rings is 2. The number of amides is 1. The molecule has 108 valence electrons. The van der Waals surface area contributed by atoms with Gasteiger partial charge in [0, 0.05) is 18.8 Å². The fraction of sp³-hybridized carbons (Fsp3) is 0.278. The van der Waals surface area contributed by atoms with Gasteiger partial charge in [-0.25, -0.2) is 0 Å². The van der Waals surface area contributed by atoms with Crippen molar-refractivity contribution in [3.63, 3.8) is 0 Å². The quantitative estimate of drug-likeness (QED) is 0.937. The molecule has 0 aliphatic carbocycles. The minimum Gasteiger partial charge on any atom is -0.376 e. The van der Waals surface area contributed by atoms with Crippen LogP contribution in [0.3, 0.4) is 0 Å². The Labute approximate surface area is 125 Å². The molecule has 1 aliphatic rings. The van der Waals surface area contributed by atoms with E-state index in [0.717, 1.165) is 31.6 Å². The number of nitrogens with zero attached hydrogens (tertiary/aromatic N) is 1. The maximum absolute atomic E-state index is 12.4. The van der Waals surface area contributed by atoms with Crippen LogP contribution in [-0.2, 0) is 17.8 Å². The predicted octanol–water partition coefficient (Wildman–Crippen LogP) is 3.07. The van der Waals surface area contributed by atoms with E-state index in [0.29, 0.717) is 6.54 Å². The highest BCUT2D eigenvalue weighted by Gasteiger charge is 2.18. The zero-order valence-corrected chi connectivity index (χ0v) is 12.1. The van der Waals surface area contributed by atoms with E-state index in [1.807, 2.05) is 35.2 Å². The van der Waals surface area contributed by atoms with Crippen LogP contribution in [0, 0.1) is 0 Å². The monoisotopic (exact) mass is 280 g/mol. The van der Waals surface area contributed by atoms with Crippen molar-refractivity contribution in [1.29, 1.82) is 0 Å². The van der Waals surface area contributed by atoms with Crippen LogP contribution in [0.25, 0.3) is 0 Å². The van der Waals surface area contributed by atoms with Crippen molar-refractivity contribution in [2.24, 2.45) is 0 Å². The summed E-state index contributed by atoms with van der Waals surface area (Å²) in [5, 5.41) is 3.19. The van der Waals surface area contributed by atoms with E-state index in [2.05, 4.69) is 29.6 Å². The second kappa shape index (κ2) is 6.44. The van der Waals surface area contributed by atoms with E-state index in [4.69, 9.17) is 0 Å². The van der Waals surface area contributed by atoms with Crippen molar-refractivity contribution in [1.82, 2.24) is 4.90 Å². The molecule has 0 radical (unpaired) electrons. The van der Waals surface area contributed by atoms with Gasteiger partial charge in [-0.15, -0.1) is 0 Å². The van der Waals surface area contributed by atoms with Gasteiger partial charge in [0.05, 0.1) is 6.54 Å². The van der Waals surface area contributed by atoms with E-state index < -0.39 is 0 Å². The third kappa shape index (κ3) is 3.43. The SMILES string of the molecule is O=C(CNc1ccccc1)N1CCCc2ccccc2C1. The van der Waals surface area contributed by atoms with E-state index in [-0.39, 0.29) is 5.91 Å². The molecule has 1 aliphatic heterocycles. The van der Waals surface area contributed by atoms with Crippen LogP contribution in [0.15, 0.2) is 54.6 Å². The van der Waals surface area contributed by atoms with Crippen molar-refractivity contribution in [3.8, 4) is 0 Å². The Kier molecular flexibility index (Phi) is 4.20. The molecule has 1 N–H and O–H groups in total. The number of anilines is 1. The Morgan fingerprint density at radius 1 is 1.00 bits per heavy atom. The molecule has 0 saturated carbocycles. The summed E-state index contributed by atoms with van der Waals surface area (Å²) in [6.45, 7) is 1.92. The third-order valence-electron chi connectivity index (χ3n) is 3.92. The summed E-state index contributed by atoms with van der Waals surface area (Å²) < 4.78 is 0. The number of carbonyl (C=O) groups excluding carboxylic acids is 1. The lowest BCUT2D eigenvalue weighted by Crippen LogP contribution is -2.35. The molecule has 3 rings (SSSR count). The number of nitrogens with one attached hydrogen (secondary N) is 1. The molecule has 3 nitrogen and oxygen atoms in total. The fourth-order valence-electron chi connectivity index (χ4n) is 2.76. The highest BCUT2D eigenvalue weighted by molar-refractivity contribution is 5.81. The Balaban J connectivity index is 1.63. The number of hydrogen-bond donors (Lipinski definition) is 1. The predicted molar refractivity (Wildman–Crippen MR) is 85.1 cm³/mol. The van der Waals surface area contributed by atoms with Gasteiger partial charge in [0.25, 0.3) is 0 Å². The summed E-state index contributed by atoms with van der Waals surface area (Å²) in [7, 11) is 0. The molecule has 0 aromatic heterocycles. The van der Waals surface area contributed by atoms with Crippen molar-refractivity contribution < 1.29 is 4.79 Å². The van der Waals surface area contributed by atoms with Gasteiger partial charge in [0.2, 0.25) is 5.91 Å². The standard InChI is InChI=1S/C18H20N2O/c21-18(13-19-17-10-2-1-3-11-17)20-12-6-9-15-7-4-5-8-16(15)14-20/h1-5,7-8,10-11,19H,6,9,12-14H2. The summed E-state index contributed by atoms with van der Waals surface area (Å²) in [4.78, 5) is 14.4. The highest BCUT2D eigenvalue weighted by atomic mass is 16.2. The van der Waals surface area contributed by atoms with Gasteiger partial charge >= 0.3 is 0 Å². The molecule has 0 fully saturated rings. The topological polar surface area (TPSA) is 32.3 Å². The maximum Gasteiger partial charge on any atom is 0.242 e. The lowest BCUT2D eigenvalue weighted by atomic mass is 10.0. The number of para-hydroxylation sites is 1. The Morgan fingerprint density at radius 3 is 2.52 bits per heavy atom. The number of rotatable bonds is 3. The van der Waals surface area contributed by atoms with Crippen LogP contribution in [0.4, 0.5) is 5.69 Å². The zero-order valence-electron chi connectivity index (χ0n) is 12.1. The molecule has 0 unspecified atom stereocenters. The number of carbonyl (C=O) groups is 1. The van der Waals surface area contributed by atoms with Crippen LogP contribution in [0.2, 0.25) is 0 Å². The van der Waals surface area contributed by atoms with Gasteiger partial charge in [-0.2, -0.15) is 0 Å². The second-order valence-electron chi connectivity index (χ2n) is 5.41. The fourth-order valence-corrected chi connectivity index (χ4v) is 2.76. The molecule has 1 amide bonds. The molecule has 1 heterocycles. The molecule has 0 atom stereocenters. The first kappa shape index (κ1) is 13.7. The molecule has 21 heavy (non-hydrogen) atoms. The lowest BCUT2D eigenvalue weighted by molar-refractivity contribution is -0.129. The van der Waals surface area contributed by atoms with Crippen molar-refractivity contribution in [3.05, 3.63) is 65.7 Å². The number of hydrogen-bond acceptors (Lipinski definition) is 2. The van der Waals surface area contributed by atoms with Crippen LogP contribution in [0.1, 0.15) is 17.5 Å². The summed E-state index contributed by atoms with van der Waals surface area (Å²) in [5.74, 6) is 0.163. The molecule has 0 spiro atoms. The summed E-state index contributed by atoms with van der Waals surface area (Å²) in [6, 6.07) is 18.3. The average molecular weight is 280 g/mol. The minimum atomic E-state index is 0.163. The molecule has 2 aromatic carbocycles. The van der Waals surface area contributed by atoms with Gasteiger partial charge in [0.15, 0.2) is 0 Å². The third-order valence-corrected chi connectivity index (χ3v) is 3.92. The van der Waals surface area contributed by atoms with Crippen LogP contribution < -0.4 is 5.32 Å². The molecule has 2 aromatic rings. The minimum absolute atomic E-state index is 0.163. The molecule has 0 bridgehead atoms. The summed E-state index contributed by atoms with van der Waals surface area (Å²) in [5.41, 5.74) is 3.65. The van der Waals surface area contributed by atoms with Gasteiger partial charge in [-0.05, 0) is 36.1 Å². The number of fused-ring (bicyclic) bond motifs is 1. The van der Waals surface area contributed by atoms with Crippen LogP contribution >= 0.6 is 0 Å². The average Bonchev–Trinajstić information content (AvgIpc) is 2.76. The molecular weight excluding hydrogens is 260 g/mol. The summed E-state index contributed by atoms with van der Waals surface area (Å²) in [6.07, 6.45) is 2.10. The van der Waals surface area contributed by atoms with Gasteiger partial charge in [-0.3, -0.25) is 4.79 Å². The lowest BCUT2D eigenvalue weighted by Gasteiger charge is -2.21. The zero-order chi connectivity index (χ0) is 14.5. The van der Waals surface area contributed by atoms with Gasteiger partial charge in [0.1, 0.15) is 0 Å². The second-order valence-corrected chi connectivity index (χ2v) is 5.41. The van der Waals surface area contributed by atoms with Gasteiger partial charge < -0.3 is 10.2 Å². The first-order chi connectivity index (χ1) is 10.3. The van der Waals surface area contributed by atoms with E-state index in [1.165, 1.54) is 11.1 Å². The number of aryl methyl sites for hydroxylation is 1. The van der Waals surface area contributed by atoms with E-state index in [9.17, 15) is 4.79 Å². The van der Waals surface area contributed by atoms with Crippen LogP contribution in [-0.4, -0.2) is 23.9 Å². The largest absolute Gasteiger partial charge is 0.376 e. The highest BCUT2D eigenvalue weighted by Crippen LogP contribution is 2.18. The van der Waals surface area contributed by atoms with Crippen molar-refractivity contribution >= 4 is 11.6 Å². The smallest absolute Gasteiger partial charge is 0.242 e. The Bertz CT molecular complexity index is 610. The summed E-state index contributed by atoms with van der Waals surface area (Å²) >= 11 is 0. The van der Waals surface area contributed by atoms with Crippen molar-refractivity contribution in [2.75, 3.05) is 18.4 Å². The Morgan fingerprint density at radius 2 is 1.71 bits per heavy atom. The van der Waals surface area contributed by atoms with E-state index >= 15 is 0 Å². The molecule has 3 heteroatoms.